The Morgan fingerprint density at radius 1 is 1.14 bits per heavy atom. The Kier molecular flexibility index (Phi) is 3.87. The lowest BCUT2D eigenvalue weighted by atomic mass is 9.86. The van der Waals surface area contributed by atoms with Crippen LogP contribution in [0.4, 0.5) is 5.82 Å². The van der Waals surface area contributed by atoms with Gasteiger partial charge < -0.3 is 9.88 Å². The van der Waals surface area contributed by atoms with Crippen LogP contribution in [0, 0.1) is 6.92 Å². The van der Waals surface area contributed by atoms with Crippen molar-refractivity contribution in [3.8, 4) is 5.95 Å². The summed E-state index contributed by atoms with van der Waals surface area (Å²) in [5, 5.41) is 7.79. The number of nitrogens with one attached hydrogen (secondary N) is 1. The summed E-state index contributed by atoms with van der Waals surface area (Å²) in [5.74, 6) is 1.35. The van der Waals surface area contributed by atoms with E-state index in [4.69, 9.17) is 10.1 Å². The summed E-state index contributed by atoms with van der Waals surface area (Å²) in [7, 11) is 1.96. The molecule has 28 heavy (non-hydrogen) atoms. The molecule has 2 aromatic carbocycles. The van der Waals surface area contributed by atoms with E-state index in [0.717, 1.165) is 32.3 Å². The van der Waals surface area contributed by atoms with E-state index in [1.54, 1.807) is 4.68 Å². The van der Waals surface area contributed by atoms with Crippen LogP contribution in [0.15, 0.2) is 53.0 Å². The van der Waals surface area contributed by atoms with Crippen molar-refractivity contribution in [1.29, 1.82) is 0 Å². The van der Waals surface area contributed by atoms with Crippen LogP contribution in [0.1, 0.15) is 29.2 Å². The predicted molar refractivity (Wildman–Crippen MR) is 112 cm³/mol. The molecule has 0 spiro atoms. The average Bonchev–Trinajstić information content (AvgIpc) is 3.19. The molecule has 0 fully saturated rings. The second-order valence-electron chi connectivity index (χ2n) is 7.08. The smallest absolute Gasteiger partial charge is 0.233 e. The van der Waals surface area contributed by atoms with Gasteiger partial charge >= 0.3 is 0 Å². The van der Waals surface area contributed by atoms with Crippen molar-refractivity contribution in [3.05, 3.63) is 69.8 Å². The number of hydrogen-bond acceptors (Lipinski definition) is 3. The number of imidazole rings is 1. The number of amides is 1. The van der Waals surface area contributed by atoms with Crippen LogP contribution in [0.25, 0.3) is 17.0 Å². The minimum Gasteiger partial charge on any atom is -0.311 e. The van der Waals surface area contributed by atoms with E-state index < -0.39 is 0 Å². The zero-order valence-corrected chi connectivity index (χ0v) is 17.1. The number of halogens is 1. The Bertz CT molecular complexity index is 1220. The van der Waals surface area contributed by atoms with E-state index in [2.05, 4.69) is 33.4 Å². The van der Waals surface area contributed by atoms with Crippen LogP contribution in [-0.4, -0.2) is 25.2 Å². The number of fused-ring (bicyclic) bond motifs is 2. The standard InChI is InChI=1S/C21H18BrN5O/c1-12-19-15(13-7-9-14(22)10-8-13)11-18(28)24-20(19)27(25-12)21-23-16-5-3-4-6-17(16)26(21)2/h3-10,15H,11H2,1-2H3,(H,24,28)/t15-/m0/s1. The van der Waals surface area contributed by atoms with E-state index in [-0.39, 0.29) is 11.8 Å². The number of carbonyl (C=O) groups excluding carboxylic acids is 1. The third-order valence-corrected chi connectivity index (χ3v) is 5.86. The first kappa shape index (κ1) is 17.2. The van der Waals surface area contributed by atoms with Gasteiger partial charge in [-0.3, -0.25) is 4.79 Å². The molecule has 3 heterocycles. The van der Waals surface area contributed by atoms with Crippen LogP contribution in [0.3, 0.4) is 0 Å². The summed E-state index contributed by atoms with van der Waals surface area (Å²) in [6.45, 7) is 1.99. The highest BCUT2D eigenvalue weighted by Crippen LogP contribution is 2.40. The number of nitrogens with zero attached hydrogens (tertiary/aromatic N) is 4. The van der Waals surface area contributed by atoms with Crippen LogP contribution < -0.4 is 5.32 Å². The average molecular weight is 436 g/mol. The van der Waals surface area contributed by atoms with Gasteiger partial charge in [0.1, 0.15) is 5.82 Å². The quantitative estimate of drug-likeness (QED) is 0.510. The van der Waals surface area contributed by atoms with Crippen molar-refractivity contribution in [1.82, 2.24) is 19.3 Å². The van der Waals surface area contributed by atoms with Crippen LogP contribution in [-0.2, 0) is 11.8 Å². The highest BCUT2D eigenvalue weighted by Gasteiger charge is 2.33. The van der Waals surface area contributed by atoms with Gasteiger partial charge in [-0.05, 0) is 36.8 Å². The molecule has 1 atom stereocenters. The van der Waals surface area contributed by atoms with Gasteiger partial charge in [0.15, 0.2) is 0 Å². The van der Waals surface area contributed by atoms with Crippen LogP contribution in [0.2, 0.25) is 0 Å². The fraction of sp³-hybridized carbons (Fsp3) is 0.190. The van der Waals surface area contributed by atoms with E-state index in [9.17, 15) is 4.79 Å². The Morgan fingerprint density at radius 2 is 1.89 bits per heavy atom. The molecule has 1 aliphatic heterocycles. The summed E-state index contributed by atoms with van der Waals surface area (Å²) < 4.78 is 4.77. The number of anilines is 1. The molecule has 0 aliphatic carbocycles. The van der Waals surface area contributed by atoms with Crippen molar-refractivity contribution in [2.24, 2.45) is 7.05 Å². The zero-order chi connectivity index (χ0) is 19.4. The maximum atomic E-state index is 12.5. The maximum Gasteiger partial charge on any atom is 0.233 e. The van der Waals surface area contributed by atoms with Crippen molar-refractivity contribution < 1.29 is 4.79 Å². The van der Waals surface area contributed by atoms with Crippen LogP contribution in [0.5, 0.6) is 0 Å². The van der Waals surface area contributed by atoms with Gasteiger partial charge in [0, 0.05) is 29.4 Å². The Hall–Kier alpha value is -2.93. The van der Waals surface area contributed by atoms with E-state index in [0.29, 0.717) is 18.2 Å². The normalized spacial score (nSPS) is 16.2. The molecule has 1 aliphatic rings. The molecule has 0 radical (unpaired) electrons. The van der Waals surface area contributed by atoms with E-state index in [1.807, 2.05) is 54.9 Å². The highest BCUT2D eigenvalue weighted by molar-refractivity contribution is 9.10. The minimum absolute atomic E-state index is 0.0136. The molecule has 1 N–H and O–H groups in total. The second kappa shape index (κ2) is 6.31. The van der Waals surface area contributed by atoms with Crippen molar-refractivity contribution in [3.63, 3.8) is 0 Å². The monoisotopic (exact) mass is 435 g/mol. The molecule has 140 valence electrons. The SMILES string of the molecule is Cc1nn(-c2nc3ccccc3n2C)c2c1[C@H](c1ccc(Br)cc1)CC(=O)N2. The molecule has 0 unspecified atom stereocenters. The Balaban J connectivity index is 1.71. The molecule has 7 heteroatoms. The summed E-state index contributed by atoms with van der Waals surface area (Å²) in [6, 6.07) is 16.1. The predicted octanol–water partition coefficient (Wildman–Crippen LogP) is 4.30. The lowest BCUT2D eigenvalue weighted by molar-refractivity contribution is -0.116. The topological polar surface area (TPSA) is 64.7 Å². The molecule has 1 amide bonds. The fourth-order valence-corrected chi connectivity index (χ4v) is 4.26. The Morgan fingerprint density at radius 3 is 2.64 bits per heavy atom. The minimum atomic E-state index is -0.0275. The van der Waals surface area contributed by atoms with E-state index in [1.165, 1.54) is 0 Å². The van der Waals surface area contributed by atoms with Crippen molar-refractivity contribution in [2.75, 3.05) is 5.32 Å². The van der Waals surface area contributed by atoms with Gasteiger partial charge in [0.05, 0.1) is 16.7 Å². The molecule has 4 aromatic rings. The first-order valence-corrected chi connectivity index (χ1v) is 9.89. The summed E-state index contributed by atoms with van der Waals surface area (Å²) >= 11 is 3.48. The van der Waals surface area contributed by atoms with E-state index >= 15 is 0 Å². The molecular formula is C21H18BrN5O. The Labute approximate surface area is 170 Å². The number of hydrogen-bond donors (Lipinski definition) is 1. The molecule has 2 aromatic heterocycles. The highest BCUT2D eigenvalue weighted by atomic mass is 79.9. The van der Waals surface area contributed by atoms with Gasteiger partial charge in [0.2, 0.25) is 11.9 Å². The third-order valence-electron chi connectivity index (χ3n) is 5.33. The number of carbonyl (C=O) groups is 1. The van der Waals surface area contributed by atoms with Gasteiger partial charge in [-0.2, -0.15) is 9.78 Å². The van der Waals surface area contributed by atoms with Crippen molar-refractivity contribution >= 4 is 38.7 Å². The summed E-state index contributed by atoms with van der Waals surface area (Å²) in [6.07, 6.45) is 0.406. The lowest BCUT2D eigenvalue weighted by Gasteiger charge is -2.24. The molecule has 0 saturated carbocycles. The number of benzene rings is 2. The lowest BCUT2D eigenvalue weighted by Crippen LogP contribution is -2.25. The number of rotatable bonds is 2. The first-order chi connectivity index (χ1) is 13.5. The zero-order valence-electron chi connectivity index (χ0n) is 15.5. The molecule has 5 rings (SSSR count). The number of para-hydroxylation sites is 2. The maximum absolute atomic E-state index is 12.5. The van der Waals surface area contributed by atoms with Gasteiger partial charge in [-0.1, -0.05) is 40.2 Å². The molecule has 0 bridgehead atoms. The fourth-order valence-electron chi connectivity index (χ4n) is 3.99. The molecule has 0 saturated heterocycles. The molecular weight excluding hydrogens is 418 g/mol. The number of aromatic nitrogens is 4. The summed E-state index contributed by atoms with van der Waals surface area (Å²) in [4.78, 5) is 17.3. The molecule has 6 nitrogen and oxygen atoms in total. The van der Waals surface area contributed by atoms with Gasteiger partial charge in [-0.15, -0.1) is 0 Å². The summed E-state index contributed by atoms with van der Waals surface area (Å²) in [5.41, 5.74) is 4.97. The van der Waals surface area contributed by atoms with Crippen LogP contribution >= 0.6 is 15.9 Å². The largest absolute Gasteiger partial charge is 0.311 e. The number of aryl methyl sites for hydroxylation is 2. The second-order valence-corrected chi connectivity index (χ2v) is 7.99. The van der Waals surface area contributed by atoms with Gasteiger partial charge in [-0.25, -0.2) is 4.98 Å². The van der Waals surface area contributed by atoms with Gasteiger partial charge in [0.25, 0.3) is 0 Å². The first-order valence-electron chi connectivity index (χ1n) is 9.09. The van der Waals surface area contributed by atoms with Crippen molar-refractivity contribution in [2.45, 2.75) is 19.3 Å². The third kappa shape index (κ3) is 2.57.